The fraction of sp³-hybridized carbons (Fsp3) is 0.400. The number of nitrogens with zero attached hydrogens (tertiary/aromatic N) is 2. The van der Waals surface area contributed by atoms with Gasteiger partial charge in [-0.05, 0) is 62.2 Å². The lowest BCUT2D eigenvalue weighted by Gasteiger charge is -2.40. The van der Waals surface area contributed by atoms with Gasteiger partial charge in [0.05, 0.1) is 18.6 Å². The number of likely N-dealkylation sites (tertiary alicyclic amines) is 1. The first-order valence-electron chi connectivity index (χ1n) is 13.8. The lowest BCUT2D eigenvalue weighted by Crippen LogP contribution is -2.52. The maximum atomic E-state index is 14.0. The number of carbonyl (C=O) groups excluding carboxylic acids is 3. The van der Waals surface area contributed by atoms with Gasteiger partial charge in [-0.3, -0.25) is 19.8 Å². The molecule has 1 saturated heterocycles. The molecule has 42 heavy (non-hydrogen) atoms. The second kappa shape index (κ2) is 13.1. The summed E-state index contributed by atoms with van der Waals surface area (Å²) in [4.78, 5) is 54.2. The second-order valence-electron chi connectivity index (χ2n) is 10.3. The Morgan fingerprint density at radius 2 is 1.79 bits per heavy atom. The molecule has 0 saturated carbocycles. The predicted octanol–water partition coefficient (Wildman–Crippen LogP) is 3.45. The highest BCUT2D eigenvalue weighted by Gasteiger charge is 2.44. The van der Waals surface area contributed by atoms with Crippen LogP contribution >= 0.6 is 0 Å². The molecule has 0 radical (unpaired) electrons. The van der Waals surface area contributed by atoms with Crippen LogP contribution in [0.1, 0.15) is 49.8 Å². The molecular weight excluding hydrogens is 550 g/mol. The fourth-order valence-corrected chi connectivity index (χ4v) is 5.66. The van der Waals surface area contributed by atoms with Crippen molar-refractivity contribution < 1.29 is 37.8 Å². The molecule has 2 aromatic carbocycles. The first-order valence-corrected chi connectivity index (χ1v) is 13.8. The summed E-state index contributed by atoms with van der Waals surface area (Å²) in [7, 11) is 1.38. The van der Waals surface area contributed by atoms with Crippen LogP contribution in [0.15, 0.2) is 59.9 Å². The van der Waals surface area contributed by atoms with Gasteiger partial charge in [0.25, 0.3) is 0 Å². The van der Waals surface area contributed by atoms with E-state index in [0.717, 1.165) is 17.7 Å². The van der Waals surface area contributed by atoms with E-state index in [1.165, 1.54) is 18.1 Å². The topological polar surface area (TPSA) is 128 Å². The van der Waals surface area contributed by atoms with Gasteiger partial charge in [-0.1, -0.05) is 43.3 Å². The van der Waals surface area contributed by atoms with Gasteiger partial charge in [-0.15, -0.1) is 0 Å². The SMILES string of the molecule is CCC(=O)N(CCCN1CCC(C(=O)OC)(c2ccccc2)CC1)C1=C(C(=O)O)C(c2ccc(F)c(F)c2)NC(=O)N1. The number of methoxy groups -OCH3 is 1. The summed E-state index contributed by atoms with van der Waals surface area (Å²) in [6, 6.07) is 10.3. The Morgan fingerprint density at radius 3 is 2.38 bits per heavy atom. The Balaban J connectivity index is 1.52. The number of hydrogen-bond acceptors (Lipinski definition) is 6. The number of rotatable bonds is 10. The second-order valence-corrected chi connectivity index (χ2v) is 10.3. The predicted molar refractivity (Wildman–Crippen MR) is 148 cm³/mol. The van der Waals surface area contributed by atoms with Gasteiger partial charge in [0.2, 0.25) is 5.91 Å². The molecular formula is C30H34F2N4O6. The summed E-state index contributed by atoms with van der Waals surface area (Å²) in [6.45, 7) is 3.48. The quantitative estimate of drug-likeness (QED) is 0.365. The van der Waals surface area contributed by atoms with Crippen molar-refractivity contribution in [3.8, 4) is 0 Å². The molecule has 0 aromatic heterocycles. The average molecular weight is 585 g/mol. The van der Waals surface area contributed by atoms with Crippen molar-refractivity contribution in [1.82, 2.24) is 20.4 Å². The van der Waals surface area contributed by atoms with E-state index in [2.05, 4.69) is 15.5 Å². The summed E-state index contributed by atoms with van der Waals surface area (Å²) >= 11 is 0. The Morgan fingerprint density at radius 1 is 1.10 bits per heavy atom. The first-order chi connectivity index (χ1) is 20.1. The van der Waals surface area contributed by atoms with Crippen molar-refractivity contribution in [3.63, 3.8) is 0 Å². The first kappa shape index (κ1) is 30.6. The summed E-state index contributed by atoms with van der Waals surface area (Å²) in [5, 5.41) is 15.0. The lowest BCUT2D eigenvalue weighted by atomic mass is 9.72. The largest absolute Gasteiger partial charge is 0.478 e. The molecule has 0 aliphatic carbocycles. The molecule has 1 unspecified atom stereocenters. The summed E-state index contributed by atoms with van der Waals surface area (Å²) in [6.07, 6.45) is 1.58. The molecule has 2 aliphatic rings. The number of ether oxygens (including phenoxy) is 1. The molecule has 0 bridgehead atoms. The van der Waals surface area contributed by atoms with Crippen molar-refractivity contribution in [3.05, 3.63) is 82.7 Å². The maximum absolute atomic E-state index is 14.0. The molecule has 4 rings (SSSR count). The van der Waals surface area contributed by atoms with Crippen LogP contribution in [0.2, 0.25) is 0 Å². The van der Waals surface area contributed by atoms with Crippen molar-refractivity contribution in [1.29, 1.82) is 0 Å². The Kier molecular flexibility index (Phi) is 9.56. The van der Waals surface area contributed by atoms with E-state index in [9.17, 15) is 33.1 Å². The van der Waals surface area contributed by atoms with E-state index >= 15 is 0 Å². The Labute approximate surface area is 242 Å². The van der Waals surface area contributed by atoms with Gasteiger partial charge in [-0.25, -0.2) is 18.4 Å². The zero-order chi connectivity index (χ0) is 30.4. The molecule has 2 aliphatic heterocycles. The number of aliphatic carboxylic acids is 1. The van der Waals surface area contributed by atoms with Gasteiger partial charge in [0.15, 0.2) is 11.6 Å². The van der Waals surface area contributed by atoms with E-state index in [-0.39, 0.29) is 35.9 Å². The minimum absolute atomic E-state index is 0.0170. The number of amides is 3. The van der Waals surface area contributed by atoms with Crippen molar-refractivity contribution in [2.75, 3.05) is 33.3 Å². The van der Waals surface area contributed by atoms with Crippen LogP contribution in [0.3, 0.4) is 0 Å². The molecule has 2 aromatic rings. The van der Waals surface area contributed by atoms with Crippen LogP contribution in [0.5, 0.6) is 0 Å². The highest BCUT2D eigenvalue weighted by Crippen LogP contribution is 2.37. The number of hydrogen-bond donors (Lipinski definition) is 3. The number of piperidine rings is 1. The zero-order valence-corrected chi connectivity index (χ0v) is 23.5. The monoisotopic (exact) mass is 584 g/mol. The van der Waals surface area contributed by atoms with Crippen LogP contribution < -0.4 is 10.6 Å². The van der Waals surface area contributed by atoms with E-state index in [1.54, 1.807) is 6.92 Å². The highest BCUT2D eigenvalue weighted by molar-refractivity contribution is 5.95. The van der Waals surface area contributed by atoms with Crippen molar-refractivity contribution in [2.24, 2.45) is 0 Å². The highest BCUT2D eigenvalue weighted by atomic mass is 19.2. The third kappa shape index (κ3) is 6.28. The summed E-state index contributed by atoms with van der Waals surface area (Å²) < 4.78 is 32.7. The van der Waals surface area contributed by atoms with E-state index in [0.29, 0.717) is 38.9 Å². The van der Waals surface area contributed by atoms with E-state index in [1.807, 2.05) is 30.3 Å². The van der Waals surface area contributed by atoms with Gasteiger partial charge in [0, 0.05) is 13.0 Å². The lowest BCUT2D eigenvalue weighted by molar-refractivity contribution is -0.149. The molecule has 2 heterocycles. The van der Waals surface area contributed by atoms with Crippen LogP contribution in [0.4, 0.5) is 13.6 Å². The van der Waals surface area contributed by atoms with Crippen molar-refractivity contribution in [2.45, 2.75) is 44.1 Å². The van der Waals surface area contributed by atoms with Crippen LogP contribution in [-0.4, -0.2) is 72.1 Å². The molecule has 1 fully saturated rings. The number of halogens is 2. The molecule has 1 atom stereocenters. The number of nitrogens with one attached hydrogen (secondary N) is 2. The van der Waals surface area contributed by atoms with Crippen molar-refractivity contribution >= 4 is 23.9 Å². The van der Waals surface area contributed by atoms with Gasteiger partial charge in [0.1, 0.15) is 11.4 Å². The molecule has 224 valence electrons. The number of carboxylic acids is 1. The van der Waals surface area contributed by atoms with Crippen LogP contribution in [0.25, 0.3) is 0 Å². The average Bonchev–Trinajstić information content (AvgIpc) is 3.00. The number of urea groups is 1. The smallest absolute Gasteiger partial charge is 0.337 e. The third-order valence-electron chi connectivity index (χ3n) is 7.90. The van der Waals surface area contributed by atoms with E-state index < -0.39 is 41.0 Å². The normalized spacial score (nSPS) is 18.6. The van der Waals surface area contributed by atoms with Crippen LogP contribution in [-0.2, 0) is 24.5 Å². The molecule has 3 amide bonds. The third-order valence-corrected chi connectivity index (χ3v) is 7.90. The van der Waals surface area contributed by atoms with Gasteiger partial charge in [-0.2, -0.15) is 0 Å². The zero-order valence-electron chi connectivity index (χ0n) is 23.5. The standard InChI is InChI=1S/C30H34F2N4O6/c1-3-23(37)36(26-24(27(38)39)25(33-29(41)34-26)19-10-11-21(31)22(32)18-19)15-7-14-35-16-12-30(13-17-35,28(40)42-2)20-8-5-4-6-9-20/h4-6,8-11,18,25H,3,7,12-17H2,1-2H3,(H,38,39)(H2,33,34,41). The number of benzene rings is 2. The summed E-state index contributed by atoms with van der Waals surface area (Å²) in [5.74, 6) is -4.65. The maximum Gasteiger partial charge on any atom is 0.337 e. The molecule has 12 heteroatoms. The van der Waals surface area contributed by atoms with Gasteiger partial charge < -0.3 is 20.1 Å². The van der Waals surface area contributed by atoms with E-state index in [4.69, 9.17) is 4.74 Å². The van der Waals surface area contributed by atoms with Gasteiger partial charge >= 0.3 is 18.0 Å². The summed E-state index contributed by atoms with van der Waals surface area (Å²) in [5.41, 5.74) is -0.192. The minimum Gasteiger partial charge on any atom is -0.478 e. The van der Waals surface area contributed by atoms with Crippen LogP contribution in [0, 0.1) is 11.6 Å². The number of carboxylic acid groups (broad SMARTS) is 1. The Bertz CT molecular complexity index is 1380. The fourth-order valence-electron chi connectivity index (χ4n) is 5.66. The molecule has 3 N–H and O–H groups in total. The number of carbonyl (C=O) groups is 4. The molecule has 10 nitrogen and oxygen atoms in total. The minimum atomic E-state index is -1.43. The Hall–Kier alpha value is -4.32. The molecule has 0 spiro atoms. The number of esters is 1.